The van der Waals surface area contributed by atoms with Crippen molar-refractivity contribution in [2.75, 3.05) is 18.0 Å². The van der Waals surface area contributed by atoms with Gasteiger partial charge in [-0.05, 0) is 25.2 Å². The fourth-order valence-electron chi connectivity index (χ4n) is 3.06. The topological polar surface area (TPSA) is 49.2 Å². The normalized spacial score (nSPS) is 31.9. The first-order valence-electron chi connectivity index (χ1n) is 6.91. The van der Waals surface area contributed by atoms with Crippen LogP contribution >= 0.6 is 0 Å². The van der Waals surface area contributed by atoms with E-state index in [1.165, 1.54) is 12.8 Å². The van der Waals surface area contributed by atoms with Gasteiger partial charge in [-0.15, -0.1) is 0 Å². The highest BCUT2D eigenvalue weighted by atomic mass is 16.3. The Labute approximate surface area is 108 Å². The molecule has 0 aromatic carbocycles. The molecule has 4 heteroatoms. The van der Waals surface area contributed by atoms with Crippen LogP contribution in [0.1, 0.15) is 32.4 Å². The van der Waals surface area contributed by atoms with E-state index in [4.69, 9.17) is 0 Å². The molecule has 1 aromatic rings. The van der Waals surface area contributed by atoms with Gasteiger partial charge in [0.25, 0.3) is 0 Å². The van der Waals surface area contributed by atoms with Crippen LogP contribution in [-0.4, -0.2) is 33.8 Å². The van der Waals surface area contributed by atoms with E-state index in [9.17, 15) is 5.11 Å². The van der Waals surface area contributed by atoms with Gasteiger partial charge in [0.2, 0.25) is 0 Å². The fourth-order valence-corrected chi connectivity index (χ4v) is 3.06. The molecule has 3 rings (SSSR count). The van der Waals surface area contributed by atoms with Gasteiger partial charge in [-0.25, -0.2) is 9.97 Å². The zero-order valence-corrected chi connectivity index (χ0v) is 11.1. The second-order valence-electron chi connectivity index (χ2n) is 5.77. The molecule has 98 valence electrons. The number of anilines is 1. The van der Waals surface area contributed by atoms with Crippen LogP contribution in [0.25, 0.3) is 0 Å². The number of aliphatic hydroxyl groups is 1. The monoisotopic (exact) mass is 247 g/mol. The van der Waals surface area contributed by atoms with Crippen molar-refractivity contribution in [3.8, 4) is 0 Å². The van der Waals surface area contributed by atoms with Gasteiger partial charge in [-0.3, -0.25) is 0 Å². The van der Waals surface area contributed by atoms with E-state index in [1.54, 1.807) is 6.33 Å². The lowest BCUT2D eigenvalue weighted by Crippen LogP contribution is -2.39. The molecule has 2 aliphatic rings. The predicted octanol–water partition coefficient (Wildman–Crippen LogP) is 1.64. The van der Waals surface area contributed by atoms with Gasteiger partial charge in [0.15, 0.2) is 0 Å². The molecule has 1 aliphatic carbocycles. The molecule has 4 nitrogen and oxygen atoms in total. The maximum Gasteiger partial charge on any atom is 0.132 e. The van der Waals surface area contributed by atoms with E-state index in [-0.39, 0.29) is 0 Å². The van der Waals surface area contributed by atoms with Gasteiger partial charge in [0, 0.05) is 30.8 Å². The molecule has 2 heterocycles. The van der Waals surface area contributed by atoms with E-state index in [0.29, 0.717) is 11.8 Å². The van der Waals surface area contributed by atoms with Crippen LogP contribution in [0.4, 0.5) is 5.82 Å². The molecule has 1 saturated carbocycles. The fraction of sp³-hybridized carbons (Fsp3) is 0.714. The van der Waals surface area contributed by atoms with Crippen LogP contribution in [-0.2, 0) is 6.42 Å². The van der Waals surface area contributed by atoms with Gasteiger partial charge in [0.1, 0.15) is 12.1 Å². The van der Waals surface area contributed by atoms with Crippen LogP contribution < -0.4 is 4.90 Å². The summed E-state index contributed by atoms with van der Waals surface area (Å²) in [6.07, 6.45) is 4.91. The molecule has 2 fully saturated rings. The third kappa shape index (κ3) is 1.88. The van der Waals surface area contributed by atoms with E-state index in [0.717, 1.165) is 31.0 Å². The molecule has 1 saturated heterocycles. The van der Waals surface area contributed by atoms with Crippen LogP contribution in [0, 0.1) is 11.8 Å². The maximum absolute atomic E-state index is 10.8. The summed E-state index contributed by atoms with van der Waals surface area (Å²) in [5.41, 5.74) is 0.562. The summed E-state index contributed by atoms with van der Waals surface area (Å²) in [7, 11) is 0. The molecule has 18 heavy (non-hydrogen) atoms. The summed E-state index contributed by atoms with van der Waals surface area (Å²) in [6, 6.07) is 2.05. The standard InChI is InChI=1S/C14H21N3O/c1-3-12-6-13(16-9-15-12)17-7-10(2)14(18,8-17)11-4-5-11/h6,9-11,18H,3-5,7-8H2,1-2H3/t10-,14+/m1/s1. The smallest absolute Gasteiger partial charge is 0.132 e. The molecule has 0 radical (unpaired) electrons. The molecular formula is C14H21N3O. The average molecular weight is 247 g/mol. The quantitative estimate of drug-likeness (QED) is 0.882. The Hall–Kier alpha value is -1.16. The van der Waals surface area contributed by atoms with Gasteiger partial charge >= 0.3 is 0 Å². The molecule has 0 amide bonds. The number of aromatic nitrogens is 2. The highest BCUT2D eigenvalue weighted by Gasteiger charge is 2.52. The van der Waals surface area contributed by atoms with Crippen molar-refractivity contribution in [3.05, 3.63) is 18.1 Å². The lowest BCUT2D eigenvalue weighted by atomic mass is 9.88. The van der Waals surface area contributed by atoms with Crippen LogP contribution in [0.3, 0.4) is 0 Å². The Morgan fingerprint density at radius 1 is 1.44 bits per heavy atom. The number of β-amino-alcohol motifs (C(OH)–C–C–N with tert-alkyl or cyclic N) is 1. The zero-order valence-electron chi connectivity index (χ0n) is 11.1. The van der Waals surface area contributed by atoms with Crippen molar-refractivity contribution in [1.82, 2.24) is 9.97 Å². The summed E-state index contributed by atoms with van der Waals surface area (Å²) in [5, 5.41) is 10.8. The van der Waals surface area contributed by atoms with Gasteiger partial charge in [-0.1, -0.05) is 13.8 Å². The molecule has 1 aliphatic heterocycles. The third-order valence-corrected chi connectivity index (χ3v) is 4.47. The first kappa shape index (κ1) is 11.9. The van der Waals surface area contributed by atoms with Gasteiger partial charge < -0.3 is 10.0 Å². The number of aryl methyl sites for hydroxylation is 1. The lowest BCUT2D eigenvalue weighted by molar-refractivity contribution is 0.00281. The predicted molar refractivity (Wildman–Crippen MR) is 70.5 cm³/mol. The summed E-state index contributed by atoms with van der Waals surface area (Å²) < 4.78 is 0. The Bertz CT molecular complexity index is 446. The first-order valence-corrected chi connectivity index (χ1v) is 6.91. The highest BCUT2D eigenvalue weighted by molar-refractivity contribution is 5.42. The lowest BCUT2D eigenvalue weighted by Gasteiger charge is -2.26. The Morgan fingerprint density at radius 3 is 2.89 bits per heavy atom. The number of hydrogen-bond acceptors (Lipinski definition) is 4. The summed E-state index contributed by atoms with van der Waals surface area (Å²) in [5.74, 6) is 1.79. The largest absolute Gasteiger partial charge is 0.387 e. The minimum atomic E-state index is -0.503. The SMILES string of the molecule is CCc1cc(N2C[C@@H](C)[C@](O)(C3CC3)C2)ncn1. The minimum Gasteiger partial charge on any atom is -0.387 e. The third-order valence-electron chi connectivity index (χ3n) is 4.47. The molecule has 0 bridgehead atoms. The van der Waals surface area contributed by atoms with Crippen molar-refractivity contribution in [3.63, 3.8) is 0 Å². The van der Waals surface area contributed by atoms with E-state index >= 15 is 0 Å². The molecular weight excluding hydrogens is 226 g/mol. The van der Waals surface area contributed by atoms with E-state index in [1.807, 2.05) is 6.07 Å². The van der Waals surface area contributed by atoms with Crippen LogP contribution in [0.2, 0.25) is 0 Å². The van der Waals surface area contributed by atoms with E-state index in [2.05, 4.69) is 28.7 Å². The molecule has 0 unspecified atom stereocenters. The number of rotatable bonds is 3. The number of nitrogens with zero attached hydrogens (tertiary/aromatic N) is 3. The molecule has 2 atom stereocenters. The van der Waals surface area contributed by atoms with Gasteiger partial charge in [0.05, 0.1) is 5.60 Å². The summed E-state index contributed by atoms with van der Waals surface area (Å²) >= 11 is 0. The molecule has 1 N–H and O–H groups in total. The number of hydrogen-bond donors (Lipinski definition) is 1. The molecule has 1 aromatic heterocycles. The Kier molecular flexibility index (Phi) is 2.77. The van der Waals surface area contributed by atoms with Crippen molar-refractivity contribution >= 4 is 5.82 Å². The summed E-state index contributed by atoms with van der Waals surface area (Å²) in [4.78, 5) is 10.8. The average Bonchev–Trinajstić information content (AvgIpc) is 3.18. The zero-order chi connectivity index (χ0) is 12.8. The highest BCUT2D eigenvalue weighted by Crippen LogP contribution is 2.47. The Morgan fingerprint density at radius 2 is 2.22 bits per heavy atom. The van der Waals surface area contributed by atoms with Crippen molar-refractivity contribution < 1.29 is 5.11 Å². The van der Waals surface area contributed by atoms with Crippen molar-refractivity contribution in [1.29, 1.82) is 0 Å². The Balaban J connectivity index is 1.81. The molecule has 0 spiro atoms. The van der Waals surface area contributed by atoms with Crippen molar-refractivity contribution in [2.45, 2.75) is 38.7 Å². The van der Waals surface area contributed by atoms with Crippen LogP contribution in [0.5, 0.6) is 0 Å². The first-order chi connectivity index (χ1) is 8.63. The van der Waals surface area contributed by atoms with Gasteiger partial charge in [-0.2, -0.15) is 0 Å². The second-order valence-corrected chi connectivity index (χ2v) is 5.77. The second kappa shape index (κ2) is 4.19. The summed E-state index contributed by atoms with van der Waals surface area (Å²) in [6.45, 7) is 5.87. The van der Waals surface area contributed by atoms with Crippen molar-refractivity contribution in [2.24, 2.45) is 11.8 Å². The van der Waals surface area contributed by atoms with E-state index < -0.39 is 5.60 Å². The van der Waals surface area contributed by atoms with Crippen LogP contribution in [0.15, 0.2) is 12.4 Å². The maximum atomic E-state index is 10.8. The minimum absolute atomic E-state index is 0.324.